The fraction of sp³-hybridized carbons (Fsp3) is 0.519. The van der Waals surface area contributed by atoms with E-state index < -0.39 is 17.0 Å². The van der Waals surface area contributed by atoms with E-state index in [1.165, 1.54) is 10.7 Å². The first-order valence-corrected chi connectivity index (χ1v) is 12.8. The van der Waals surface area contributed by atoms with Gasteiger partial charge in [-0.1, -0.05) is 6.08 Å². The molecule has 7 rings (SSSR count). The summed E-state index contributed by atoms with van der Waals surface area (Å²) in [6, 6.07) is 3.24. The molecule has 0 unspecified atom stereocenters. The normalized spacial score (nSPS) is 28.4. The highest BCUT2D eigenvalue weighted by Gasteiger charge is 2.79. The lowest BCUT2D eigenvalue weighted by atomic mass is 9.34. The second-order valence-electron chi connectivity index (χ2n) is 11.0. The molecule has 38 heavy (non-hydrogen) atoms. The predicted molar refractivity (Wildman–Crippen MR) is 134 cm³/mol. The maximum atomic E-state index is 13.6. The molecule has 0 amide bonds. The molecule has 200 valence electrons. The maximum absolute atomic E-state index is 13.6. The molecule has 1 N–H and O–H groups in total. The molecule has 0 radical (unpaired) electrons. The Morgan fingerprint density at radius 2 is 1.89 bits per heavy atom. The SMILES string of the molecule is C=CCNn1cc([C@H]2C[C@@H](c3nc(C45CC(C(F)(F)F)(C4)C5)c4nc(C)c(C)nc4n3)CCO2)ccc1=O. The van der Waals surface area contributed by atoms with Gasteiger partial charge < -0.3 is 10.2 Å². The minimum absolute atomic E-state index is 0.0410. The number of ether oxygens (including phenoxy) is 1. The predicted octanol–water partition coefficient (Wildman–Crippen LogP) is 4.55. The van der Waals surface area contributed by atoms with E-state index in [4.69, 9.17) is 14.7 Å². The Labute approximate surface area is 217 Å². The van der Waals surface area contributed by atoms with Gasteiger partial charge >= 0.3 is 6.18 Å². The summed E-state index contributed by atoms with van der Waals surface area (Å²) in [7, 11) is 0. The smallest absolute Gasteiger partial charge is 0.373 e. The van der Waals surface area contributed by atoms with Gasteiger partial charge in [0, 0.05) is 36.7 Å². The molecule has 0 aromatic carbocycles. The molecule has 3 aromatic heterocycles. The number of hydrogen-bond donors (Lipinski definition) is 1. The molecule has 4 fully saturated rings. The molecule has 0 spiro atoms. The molecule has 1 saturated heterocycles. The van der Waals surface area contributed by atoms with Gasteiger partial charge in [-0.2, -0.15) is 13.2 Å². The molecule has 11 heteroatoms. The maximum Gasteiger partial charge on any atom is 0.394 e. The van der Waals surface area contributed by atoms with Crippen molar-refractivity contribution in [3.63, 3.8) is 0 Å². The van der Waals surface area contributed by atoms with Crippen molar-refractivity contribution in [3.8, 4) is 0 Å². The van der Waals surface area contributed by atoms with Gasteiger partial charge in [0.2, 0.25) is 0 Å². The van der Waals surface area contributed by atoms with Crippen LogP contribution >= 0.6 is 0 Å². The quantitative estimate of drug-likeness (QED) is 0.471. The largest absolute Gasteiger partial charge is 0.394 e. The van der Waals surface area contributed by atoms with E-state index in [-0.39, 0.29) is 36.8 Å². The zero-order chi connectivity index (χ0) is 26.9. The van der Waals surface area contributed by atoms with E-state index in [0.717, 1.165) is 17.0 Å². The van der Waals surface area contributed by atoms with Crippen molar-refractivity contribution >= 4 is 11.2 Å². The topological polar surface area (TPSA) is 94.8 Å². The minimum Gasteiger partial charge on any atom is -0.373 e. The minimum atomic E-state index is -4.20. The number of rotatable bonds is 6. The number of alkyl halides is 3. The monoisotopic (exact) mass is 526 g/mol. The highest BCUT2D eigenvalue weighted by atomic mass is 19.4. The van der Waals surface area contributed by atoms with Crippen LogP contribution in [0.1, 0.15) is 72.6 Å². The number of nitrogens with zero attached hydrogens (tertiary/aromatic N) is 5. The van der Waals surface area contributed by atoms with Crippen molar-refractivity contribution < 1.29 is 17.9 Å². The van der Waals surface area contributed by atoms with E-state index in [1.807, 2.05) is 13.8 Å². The number of fused-ring (bicyclic) bond motifs is 1. The van der Waals surface area contributed by atoms with Gasteiger partial charge in [-0.3, -0.25) is 4.79 Å². The number of hydrogen-bond acceptors (Lipinski definition) is 7. The van der Waals surface area contributed by atoms with Gasteiger partial charge in [0.1, 0.15) is 11.3 Å². The van der Waals surface area contributed by atoms with Gasteiger partial charge in [0.15, 0.2) is 5.65 Å². The number of aryl methyl sites for hydroxylation is 2. The summed E-state index contributed by atoms with van der Waals surface area (Å²) >= 11 is 0. The van der Waals surface area contributed by atoms with Crippen molar-refractivity contribution in [1.82, 2.24) is 24.6 Å². The van der Waals surface area contributed by atoms with Crippen LogP contribution in [-0.2, 0) is 10.2 Å². The van der Waals surface area contributed by atoms with Gasteiger partial charge in [-0.25, -0.2) is 24.6 Å². The van der Waals surface area contributed by atoms with Crippen LogP contribution in [0.3, 0.4) is 0 Å². The van der Waals surface area contributed by atoms with Gasteiger partial charge in [-0.15, -0.1) is 6.58 Å². The highest BCUT2D eigenvalue weighted by molar-refractivity contribution is 5.75. The molecule has 3 aromatic rings. The number of pyridine rings is 1. The Kier molecular flexibility index (Phi) is 5.64. The summed E-state index contributed by atoms with van der Waals surface area (Å²) < 4.78 is 48.4. The first-order valence-electron chi connectivity index (χ1n) is 12.8. The van der Waals surface area contributed by atoms with Gasteiger partial charge in [-0.05, 0) is 57.6 Å². The van der Waals surface area contributed by atoms with Crippen molar-refractivity contribution in [2.75, 3.05) is 18.6 Å². The van der Waals surface area contributed by atoms with E-state index in [1.54, 1.807) is 18.3 Å². The van der Waals surface area contributed by atoms with Crippen molar-refractivity contribution in [2.24, 2.45) is 5.41 Å². The lowest BCUT2D eigenvalue weighted by molar-refractivity contribution is -0.337. The average molecular weight is 527 g/mol. The average Bonchev–Trinajstić information content (AvgIpc) is 2.82. The van der Waals surface area contributed by atoms with Gasteiger partial charge in [0.05, 0.1) is 28.6 Å². The van der Waals surface area contributed by atoms with Crippen LogP contribution in [0.4, 0.5) is 13.2 Å². The molecule has 3 saturated carbocycles. The summed E-state index contributed by atoms with van der Waals surface area (Å²) in [4.78, 5) is 31.2. The molecule has 2 bridgehead atoms. The molecular formula is C27H29F3N6O2. The van der Waals surface area contributed by atoms with Gasteiger partial charge in [0.25, 0.3) is 5.56 Å². The second-order valence-corrected chi connectivity index (χ2v) is 11.0. The Balaban J connectivity index is 1.34. The third kappa shape index (κ3) is 3.81. The van der Waals surface area contributed by atoms with Crippen LogP contribution in [0.2, 0.25) is 0 Å². The number of aromatic nitrogens is 5. The van der Waals surface area contributed by atoms with Crippen LogP contribution in [0.25, 0.3) is 11.2 Å². The van der Waals surface area contributed by atoms with Crippen LogP contribution < -0.4 is 11.0 Å². The van der Waals surface area contributed by atoms with E-state index in [9.17, 15) is 18.0 Å². The fourth-order valence-electron chi connectivity index (χ4n) is 6.27. The van der Waals surface area contributed by atoms with E-state index in [2.05, 4.69) is 22.0 Å². The fourth-order valence-corrected chi connectivity index (χ4v) is 6.27. The lowest BCUT2D eigenvalue weighted by Gasteiger charge is -2.70. The summed E-state index contributed by atoms with van der Waals surface area (Å²) in [5, 5.41) is 0. The van der Waals surface area contributed by atoms with E-state index in [0.29, 0.717) is 48.7 Å². The van der Waals surface area contributed by atoms with Crippen LogP contribution in [-0.4, -0.2) is 43.9 Å². The van der Waals surface area contributed by atoms with Crippen LogP contribution in [0, 0.1) is 19.3 Å². The Bertz CT molecular complexity index is 1480. The number of nitrogens with one attached hydrogen (secondary N) is 1. The summed E-state index contributed by atoms with van der Waals surface area (Å²) in [5.41, 5.74) is 4.41. The summed E-state index contributed by atoms with van der Waals surface area (Å²) in [6.07, 6.45) is 0.261. The van der Waals surface area contributed by atoms with Crippen molar-refractivity contribution in [3.05, 3.63) is 69.8 Å². The molecule has 4 heterocycles. The van der Waals surface area contributed by atoms with Crippen LogP contribution in [0.15, 0.2) is 35.8 Å². The third-order valence-electron chi connectivity index (χ3n) is 8.45. The molecule has 1 aliphatic heterocycles. The van der Waals surface area contributed by atoms with Crippen LogP contribution in [0.5, 0.6) is 0 Å². The summed E-state index contributed by atoms with van der Waals surface area (Å²) in [6.45, 7) is 8.25. The number of halogens is 3. The first kappa shape index (κ1) is 25.0. The molecule has 8 nitrogen and oxygen atoms in total. The standard InChI is InChI=1S/C27H29F3N6O2/c1-4-8-31-36-11-18(5-6-20(36)37)19-10-17(7-9-38-19)23-34-22(21-24(35-23)33-16(3)15(2)32-21)25-12-26(13-25,14-25)27(28,29)30/h4-6,11,17,19,31H,1,7-10,12-14H2,2-3H3/t17-,19+,25?,26?/m0/s1. The Morgan fingerprint density at radius 3 is 2.61 bits per heavy atom. The third-order valence-corrected chi connectivity index (χ3v) is 8.45. The first-order chi connectivity index (χ1) is 18.0. The van der Waals surface area contributed by atoms with Crippen molar-refractivity contribution in [1.29, 1.82) is 0 Å². The molecule has 2 atom stereocenters. The molecule has 3 aliphatic carbocycles. The highest BCUT2D eigenvalue weighted by Crippen LogP contribution is 2.78. The van der Waals surface area contributed by atoms with E-state index >= 15 is 0 Å². The zero-order valence-electron chi connectivity index (χ0n) is 21.3. The Hall–Kier alpha value is -3.34. The summed E-state index contributed by atoms with van der Waals surface area (Å²) in [5.74, 6) is 0.494. The zero-order valence-corrected chi connectivity index (χ0v) is 21.3. The lowest BCUT2D eigenvalue weighted by Crippen LogP contribution is -2.70. The molecule has 4 aliphatic rings. The molecular weight excluding hydrogens is 497 g/mol. The second kappa shape index (κ2) is 8.59. The van der Waals surface area contributed by atoms with Crippen molar-refractivity contribution in [2.45, 2.75) is 69.6 Å². The Morgan fingerprint density at radius 1 is 1.16 bits per heavy atom.